The average Bonchev–Trinajstić information content (AvgIpc) is 2.42. The van der Waals surface area contributed by atoms with Gasteiger partial charge in [0.05, 0.1) is 0 Å². The fourth-order valence-electron chi connectivity index (χ4n) is 2.85. The van der Waals surface area contributed by atoms with Gasteiger partial charge >= 0.3 is 12.0 Å². The highest BCUT2D eigenvalue weighted by molar-refractivity contribution is 5.83. The van der Waals surface area contributed by atoms with Crippen LogP contribution >= 0.6 is 0 Å². The SMILES string of the molecule is CCCN(C(=O)N1CCC(CC)CC1C(=O)O)C(C)C. The predicted octanol–water partition coefficient (Wildman–Crippen LogP) is 2.80. The smallest absolute Gasteiger partial charge is 0.326 e. The third-order valence-corrected chi connectivity index (χ3v) is 4.15. The van der Waals surface area contributed by atoms with Crippen LogP contribution in [0.4, 0.5) is 4.79 Å². The minimum atomic E-state index is -0.878. The number of carbonyl (C=O) groups excluding carboxylic acids is 1. The summed E-state index contributed by atoms with van der Waals surface area (Å²) in [6.07, 6.45) is 3.35. The van der Waals surface area contributed by atoms with E-state index in [-0.39, 0.29) is 12.1 Å². The second kappa shape index (κ2) is 7.50. The summed E-state index contributed by atoms with van der Waals surface area (Å²) in [5, 5.41) is 9.41. The molecule has 1 N–H and O–H groups in total. The Kier molecular flexibility index (Phi) is 6.30. The maximum absolute atomic E-state index is 12.6. The maximum Gasteiger partial charge on any atom is 0.326 e. The van der Waals surface area contributed by atoms with E-state index < -0.39 is 12.0 Å². The van der Waals surface area contributed by atoms with E-state index in [0.717, 1.165) is 19.3 Å². The molecule has 0 aromatic rings. The third-order valence-electron chi connectivity index (χ3n) is 4.15. The first-order valence-corrected chi connectivity index (χ1v) is 7.72. The van der Waals surface area contributed by atoms with Gasteiger partial charge in [-0.2, -0.15) is 0 Å². The Labute approximate surface area is 121 Å². The van der Waals surface area contributed by atoms with Gasteiger partial charge < -0.3 is 14.9 Å². The molecular weight excluding hydrogens is 256 g/mol. The van der Waals surface area contributed by atoms with E-state index in [0.29, 0.717) is 25.4 Å². The van der Waals surface area contributed by atoms with Crippen molar-refractivity contribution >= 4 is 12.0 Å². The molecule has 0 aliphatic carbocycles. The number of carboxylic acid groups (broad SMARTS) is 1. The van der Waals surface area contributed by atoms with Crippen molar-refractivity contribution in [3.63, 3.8) is 0 Å². The second-order valence-electron chi connectivity index (χ2n) is 5.92. The Balaban J connectivity index is 2.85. The molecule has 1 saturated heterocycles. The van der Waals surface area contributed by atoms with Gasteiger partial charge in [0, 0.05) is 19.1 Å². The lowest BCUT2D eigenvalue weighted by atomic mass is 9.89. The van der Waals surface area contributed by atoms with Crippen LogP contribution < -0.4 is 0 Å². The van der Waals surface area contributed by atoms with Gasteiger partial charge in [-0.15, -0.1) is 0 Å². The molecule has 1 rings (SSSR count). The Hall–Kier alpha value is -1.26. The lowest BCUT2D eigenvalue weighted by Gasteiger charge is -2.40. The molecular formula is C15H28N2O3. The van der Waals surface area contributed by atoms with Crippen molar-refractivity contribution in [2.45, 2.75) is 65.5 Å². The molecule has 2 amide bonds. The van der Waals surface area contributed by atoms with Crippen molar-refractivity contribution in [1.29, 1.82) is 0 Å². The molecule has 1 aliphatic rings. The van der Waals surface area contributed by atoms with Gasteiger partial charge in [0.2, 0.25) is 0 Å². The number of hydrogen-bond acceptors (Lipinski definition) is 2. The van der Waals surface area contributed by atoms with Gasteiger partial charge in [-0.05, 0) is 39.0 Å². The molecule has 1 fully saturated rings. The molecule has 0 aromatic carbocycles. The molecule has 0 bridgehead atoms. The summed E-state index contributed by atoms with van der Waals surface area (Å²) in [4.78, 5) is 27.4. The highest BCUT2D eigenvalue weighted by Gasteiger charge is 2.37. The lowest BCUT2D eigenvalue weighted by molar-refractivity contribution is -0.144. The largest absolute Gasteiger partial charge is 0.480 e. The summed E-state index contributed by atoms with van der Waals surface area (Å²) in [6.45, 7) is 9.29. The first kappa shape index (κ1) is 16.8. The van der Waals surface area contributed by atoms with Crippen LogP contribution in [0.5, 0.6) is 0 Å². The third kappa shape index (κ3) is 3.87. The molecule has 5 heteroatoms. The molecule has 0 aromatic heterocycles. The van der Waals surface area contributed by atoms with Crippen molar-refractivity contribution in [2.24, 2.45) is 5.92 Å². The van der Waals surface area contributed by atoms with E-state index in [9.17, 15) is 14.7 Å². The van der Waals surface area contributed by atoms with Gasteiger partial charge in [0.15, 0.2) is 0 Å². The quantitative estimate of drug-likeness (QED) is 0.844. The first-order valence-electron chi connectivity index (χ1n) is 7.72. The molecule has 2 unspecified atom stereocenters. The summed E-state index contributed by atoms with van der Waals surface area (Å²) >= 11 is 0. The van der Waals surface area contributed by atoms with Crippen LogP contribution in [0, 0.1) is 5.92 Å². The fourth-order valence-corrected chi connectivity index (χ4v) is 2.85. The second-order valence-corrected chi connectivity index (χ2v) is 5.92. The Morgan fingerprint density at radius 3 is 2.45 bits per heavy atom. The van der Waals surface area contributed by atoms with E-state index in [4.69, 9.17) is 0 Å². The summed E-state index contributed by atoms with van der Waals surface area (Å²) in [5.74, 6) is -0.462. The van der Waals surface area contributed by atoms with E-state index in [1.807, 2.05) is 20.8 Å². The van der Waals surface area contributed by atoms with E-state index in [2.05, 4.69) is 6.92 Å². The van der Waals surface area contributed by atoms with Crippen LogP contribution in [0.2, 0.25) is 0 Å². The van der Waals surface area contributed by atoms with Crippen molar-refractivity contribution < 1.29 is 14.7 Å². The summed E-state index contributed by atoms with van der Waals surface area (Å²) in [6, 6.07) is -0.691. The van der Waals surface area contributed by atoms with Crippen LogP contribution in [0.3, 0.4) is 0 Å². The van der Waals surface area contributed by atoms with E-state index in [1.165, 1.54) is 0 Å². The van der Waals surface area contributed by atoms with Gasteiger partial charge in [-0.3, -0.25) is 0 Å². The molecule has 116 valence electrons. The van der Waals surface area contributed by atoms with E-state index >= 15 is 0 Å². The number of piperidine rings is 1. The van der Waals surface area contributed by atoms with Crippen LogP contribution in [0.25, 0.3) is 0 Å². The molecule has 5 nitrogen and oxygen atoms in total. The first-order chi connectivity index (χ1) is 9.42. The Bertz CT molecular complexity index is 344. The standard InChI is InChI=1S/C15H28N2O3/c1-5-8-16(11(3)4)15(20)17-9-7-12(6-2)10-13(17)14(18)19/h11-13H,5-10H2,1-4H3,(H,18,19). The van der Waals surface area contributed by atoms with Crippen LogP contribution in [-0.4, -0.2) is 52.1 Å². The summed E-state index contributed by atoms with van der Waals surface area (Å²) < 4.78 is 0. The predicted molar refractivity (Wildman–Crippen MR) is 78.7 cm³/mol. The zero-order chi connectivity index (χ0) is 15.3. The van der Waals surface area contributed by atoms with Crippen LogP contribution in [0.1, 0.15) is 53.4 Å². The Morgan fingerprint density at radius 2 is 2.00 bits per heavy atom. The zero-order valence-corrected chi connectivity index (χ0v) is 13.1. The molecule has 0 radical (unpaired) electrons. The number of carbonyl (C=O) groups is 2. The maximum atomic E-state index is 12.6. The number of urea groups is 1. The molecule has 20 heavy (non-hydrogen) atoms. The van der Waals surface area contributed by atoms with Crippen molar-refractivity contribution in [1.82, 2.24) is 9.80 Å². The van der Waals surface area contributed by atoms with E-state index in [1.54, 1.807) is 9.80 Å². The van der Waals surface area contributed by atoms with Crippen molar-refractivity contribution in [3.05, 3.63) is 0 Å². The Morgan fingerprint density at radius 1 is 1.35 bits per heavy atom. The molecule has 2 atom stereocenters. The molecule has 0 saturated carbocycles. The minimum Gasteiger partial charge on any atom is -0.480 e. The van der Waals surface area contributed by atoms with Crippen LogP contribution in [-0.2, 0) is 4.79 Å². The number of nitrogens with zero attached hydrogens (tertiary/aromatic N) is 2. The number of amides is 2. The van der Waals surface area contributed by atoms with Gasteiger partial charge in [-0.1, -0.05) is 20.3 Å². The number of likely N-dealkylation sites (tertiary alicyclic amines) is 1. The number of rotatable bonds is 5. The summed E-state index contributed by atoms with van der Waals surface area (Å²) in [5.41, 5.74) is 0. The molecule has 1 aliphatic heterocycles. The van der Waals surface area contributed by atoms with Crippen molar-refractivity contribution in [3.8, 4) is 0 Å². The average molecular weight is 284 g/mol. The number of hydrogen-bond donors (Lipinski definition) is 1. The van der Waals surface area contributed by atoms with Crippen LogP contribution in [0.15, 0.2) is 0 Å². The minimum absolute atomic E-state index is 0.0980. The number of aliphatic carboxylic acids is 1. The summed E-state index contributed by atoms with van der Waals surface area (Å²) in [7, 11) is 0. The van der Waals surface area contributed by atoms with Crippen molar-refractivity contribution in [2.75, 3.05) is 13.1 Å². The van der Waals surface area contributed by atoms with Gasteiger partial charge in [0.1, 0.15) is 6.04 Å². The normalized spacial score (nSPS) is 22.9. The highest BCUT2D eigenvalue weighted by Crippen LogP contribution is 2.27. The number of carboxylic acids is 1. The molecule has 0 spiro atoms. The van der Waals surface area contributed by atoms with Gasteiger partial charge in [0.25, 0.3) is 0 Å². The zero-order valence-electron chi connectivity index (χ0n) is 13.1. The topological polar surface area (TPSA) is 60.9 Å². The fraction of sp³-hybridized carbons (Fsp3) is 0.867. The lowest BCUT2D eigenvalue weighted by Crippen LogP contribution is -2.56. The monoisotopic (exact) mass is 284 g/mol. The highest BCUT2D eigenvalue weighted by atomic mass is 16.4. The molecule has 1 heterocycles. The van der Waals surface area contributed by atoms with Gasteiger partial charge in [-0.25, -0.2) is 9.59 Å².